The molecule has 180 valence electrons. The second kappa shape index (κ2) is 9.18. The molecule has 5 nitrogen and oxygen atoms in total. The van der Waals surface area contributed by atoms with Crippen LogP contribution >= 0.6 is 0 Å². The van der Waals surface area contributed by atoms with E-state index < -0.39 is 29.9 Å². The van der Waals surface area contributed by atoms with Crippen molar-refractivity contribution in [2.75, 3.05) is 6.54 Å². The van der Waals surface area contributed by atoms with Crippen molar-refractivity contribution in [3.63, 3.8) is 0 Å². The van der Waals surface area contributed by atoms with E-state index in [1.54, 1.807) is 24.5 Å². The summed E-state index contributed by atoms with van der Waals surface area (Å²) in [6.45, 7) is 0.278. The number of hydrogen-bond donors (Lipinski definition) is 0. The lowest BCUT2D eigenvalue weighted by Crippen LogP contribution is -2.38. The molecule has 0 saturated carbocycles. The molecular weight excluding hydrogens is 467 g/mol. The Labute approximate surface area is 197 Å². The second-order valence-electron chi connectivity index (χ2n) is 8.27. The highest BCUT2D eigenvalue weighted by molar-refractivity contribution is 5.79. The van der Waals surface area contributed by atoms with E-state index in [1.807, 2.05) is 0 Å². The van der Waals surface area contributed by atoms with Gasteiger partial charge < -0.3 is 4.74 Å². The SMILES string of the molecule is Fc1ccc(Oc2cnc3cc(C(N4CCCC4c4ccncc4)C(F)(F)F)ncc3c2)c(F)c1. The van der Waals surface area contributed by atoms with E-state index in [9.17, 15) is 22.0 Å². The van der Waals surface area contributed by atoms with E-state index in [-0.39, 0.29) is 29.3 Å². The average molecular weight is 486 g/mol. The number of likely N-dealkylation sites (tertiary alicyclic amines) is 1. The zero-order valence-electron chi connectivity index (χ0n) is 18.2. The molecule has 0 amide bonds. The lowest BCUT2D eigenvalue weighted by Gasteiger charge is -2.34. The van der Waals surface area contributed by atoms with Gasteiger partial charge in [0.25, 0.3) is 0 Å². The Morgan fingerprint density at radius 1 is 0.971 bits per heavy atom. The van der Waals surface area contributed by atoms with E-state index in [0.29, 0.717) is 24.3 Å². The molecule has 0 bridgehead atoms. The lowest BCUT2D eigenvalue weighted by molar-refractivity contribution is -0.190. The molecule has 1 saturated heterocycles. The highest BCUT2D eigenvalue weighted by atomic mass is 19.4. The third-order valence-corrected chi connectivity index (χ3v) is 5.99. The van der Waals surface area contributed by atoms with E-state index in [4.69, 9.17) is 4.74 Å². The molecule has 1 aliphatic rings. The average Bonchev–Trinajstić information content (AvgIpc) is 3.30. The monoisotopic (exact) mass is 486 g/mol. The van der Waals surface area contributed by atoms with Crippen molar-refractivity contribution in [3.8, 4) is 11.5 Å². The van der Waals surface area contributed by atoms with Gasteiger partial charge in [-0.25, -0.2) is 8.78 Å². The third kappa shape index (κ3) is 4.79. The van der Waals surface area contributed by atoms with Crippen molar-refractivity contribution in [3.05, 3.63) is 90.1 Å². The fourth-order valence-electron chi connectivity index (χ4n) is 4.48. The Balaban J connectivity index is 1.46. The Hall–Kier alpha value is -3.66. The number of fused-ring (bicyclic) bond motifs is 1. The zero-order chi connectivity index (χ0) is 24.6. The van der Waals surface area contributed by atoms with Gasteiger partial charge in [-0.1, -0.05) is 0 Å². The highest BCUT2D eigenvalue weighted by Crippen LogP contribution is 2.45. The van der Waals surface area contributed by atoms with Gasteiger partial charge in [0.15, 0.2) is 11.6 Å². The van der Waals surface area contributed by atoms with Crippen LogP contribution < -0.4 is 4.74 Å². The van der Waals surface area contributed by atoms with Crippen molar-refractivity contribution in [2.45, 2.75) is 31.1 Å². The van der Waals surface area contributed by atoms with Gasteiger partial charge in [-0.15, -0.1) is 0 Å². The minimum atomic E-state index is -4.56. The summed E-state index contributed by atoms with van der Waals surface area (Å²) in [5.41, 5.74) is 0.910. The number of halogens is 5. The van der Waals surface area contributed by atoms with E-state index in [2.05, 4.69) is 15.0 Å². The van der Waals surface area contributed by atoms with Crippen LogP contribution in [0.2, 0.25) is 0 Å². The van der Waals surface area contributed by atoms with Crippen LogP contribution in [0.15, 0.2) is 67.3 Å². The smallest absolute Gasteiger partial charge is 0.409 e. The quantitative estimate of drug-likeness (QED) is 0.300. The Morgan fingerprint density at radius 2 is 1.77 bits per heavy atom. The maximum Gasteiger partial charge on any atom is 0.409 e. The zero-order valence-corrected chi connectivity index (χ0v) is 18.2. The summed E-state index contributed by atoms with van der Waals surface area (Å²) in [7, 11) is 0. The normalized spacial score (nSPS) is 17.6. The third-order valence-electron chi connectivity index (χ3n) is 5.99. The Kier molecular flexibility index (Phi) is 6.06. The minimum absolute atomic E-state index is 0.141. The molecule has 0 spiro atoms. The van der Waals surface area contributed by atoms with Crippen LogP contribution in [0.5, 0.6) is 11.5 Å². The Bertz CT molecular complexity index is 1350. The largest absolute Gasteiger partial charge is 0.453 e. The molecule has 4 heterocycles. The fraction of sp³-hybridized carbons (Fsp3) is 0.240. The number of hydrogen-bond acceptors (Lipinski definition) is 5. The first-order valence-corrected chi connectivity index (χ1v) is 10.9. The van der Waals surface area contributed by atoms with Gasteiger partial charge in [-0.3, -0.25) is 19.9 Å². The van der Waals surface area contributed by atoms with Crippen LogP contribution in [0.4, 0.5) is 22.0 Å². The van der Waals surface area contributed by atoms with E-state index in [0.717, 1.165) is 17.7 Å². The second-order valence-corrected chi connectivity index (χ2v) is 8.27. The standard InChI is InChI=1S/C25H19F5N4O/c26-17-3-4-23(19(27)11-17)35-18-10-16-13-32-21(12-20(16)33-14-18)24(25(28,29)30)34-9-1-2-22(34)15-5-7-31-8-6-15/h3-8,10-14,22,24H,1-2,9H2. The van der Waals surface area contributed by atoms with Crippen molar-refractivity contribution in [1.82, 2.24) is 19.9 Å². The van der Waals surface area contributed by atoms with E-state index >= 15 is 0 Å². The molecule has 10 heteroatoms. The summed E-state index contributed by atoms with van der Waals surface area (Å²) in [5, 5.41) is 0.418. The molecule has 2 atom stereocenters. The topological polar surface area (TPSA) is 51.1 Å². The maximum absolute atomic E-state index is 14.3. The fourth-order valence-corrected chi connectivity index (χ4v) is 4.48. The number of rotatable bonds is 5. The van der Waals surface area contributed by atoms with Crippen LogP contribution in [0, 0.1) is 11.6 Å². The molecule has 0 aliphatic carbocycles. The highest BCUT2D eigenvalue weighted by Gasteiger charge is 2.49. The van der Waals surface area contributed by atoms with Crippen LogP contribution in [-0.2, 0) is 0 Å². The summed E-state index contributed by atoms with van der Waals surface area (Å²) in [6.07, 6.45) is 2.39. The number of alkyl halides is 3. The number of aromatic nitrogens is 3. The van der Waals surface area contributed by atoms with Gasteiger partial charge in [0.05, 0.1) is 17.4 Å². The minimum Gasteiger partial charge on any atom is -0.453 e. The van der Waals surface area contributed by atoms with Gasteiger partial charge in [0, 0.05) is 36.1 Å². The van der Waals surface area contributed by atoms with Crippen molar-refractivity contribution in [1.29, 1.82) is 0 Å². The van der Waals surface area contributed by atoms with E-state index in [1.165, 1.54) is 29.4 Å². The van der Waals surface area contributed by atoms with Gasteiger partial charge in [0.2, 0.25) is 0 Å². The number of benzene rings is 1. The van der Waals surface area contributed by atoms with Gasteiger partial charge >= 0.3 is 6.18 Å². The van der Waals surface area contributed by atoms with Crippen LogP contribution in [0.1, 0.15) is 36.2 Å². The van der Waals surface area contributed by atoms with Gasteiger partial charge in [-0.2, -0.15) is 13.2 Å². The first kappa shape index (κ1) is 23.1. The molecule has 0 N–H and O–H groups in total. The maximum atomic E-state index is 14.3. The first-order chi connectivity index (χ1) is 16.8. The lowest BCUT2D eigenvalue weighted by atomic mass is 10.0. The molecule has 4 aromatic rings. The van der Waals surface area contributed by atoms with Crippen LogP contribution in [0.25, 0.3) is 10.9 Å². The summed E-state index contributed by atoms with van der Waals surface area (Å²) >= 11 is 0. The summed E-state index contributed by atoms with van der Waals surface area (Å²) in [5.74, 6) is -1.69. The molecule has 35 heavy (non-hydrogen) atoms. The van der Waals surface area contributed by atoms with Crippen molar-refractivity contribution < 1.29 is 26.7 Å². The molecule has 1 aromatic carbocycles. The summed E-state index contributed by atoms with van der Waals surface area (Å²) in [4.78, 5) is 13.7. The molecule has 1 aliphatic heterocycles. The van der Waals surface area contributed by atoms with Crippen molar-refractivity contribution >= 4 is 10.9 Å². The predicted octanol–water partition coefficient (Wildman–Crippen LogP) is 6.54. The summed E-state index contributed by atoms with van der Waals surface area (Å²) in [6, 6.07) is 6.84. The molecular formula is C25H19F5N4O. The number of ether oxygens (including phenoxy) is 1. The van der Waals surface area contributed by atoms with Crippen LogP contribution in [0.3, 0.4) is 0 Å². The first-order valence-electron chi connectivity index (χ1n) is 10.9. The summed E-state index contributed by atoms with van der Waals surface area (Å²) < 4.78 is 75.4. The molecule has 5 rings (SSSR count). The Morgan fingerprint density at radius 3 is 2.51 bits per heavy atom. The van der Waals surface area contributed by atoms with Crippen molar-refractivity contribution in [2.24, 2.45) is 0 Å². The molecule has 0 radical (unpaired) electrons. The molecule has 2 unspecified atom stereocenters. The molecule has 3 aromatic heterocycles. The predicted molar refractivity (Wildman–Crippen MR) is 118 cm³/mol. The number of pyridine rings is 3. The molecule has 1 fully saturated rings. The van der Waals surface area contributed by atoms with Gasteiger partial charge in [0.1, 0.15) is 17.6 Å². The van der Waals surface area contributed by atoms with Crippen LogP contribution in [-0.4, -0.2) is 32.6 Å². The van der Waals surface area contributed by atoms with Gasteiger partial charge in [-0.05, 0) is 61.3 Å². The number of nitrogens with zero attached hydrogens (tertiary/aromatic N) is 4.